The number of carbonyl (C=O) groups excluding carboxylic acids is 1. The lowest BCUT2D eigenvalue weighted by molar-refractivity contribution is -0.146. The number of aliphatic hydroxyl groups excluding tert-OH is 1. The van der Waals surface area contributed by atoms with Crippen LogP contribution in [0.25, 0.3) is 0 Å². The number of methoxy groups -OCH3 is 1. The first kappa shape index (κ1) is 17.6. The van der Waals surface area contributed by atoms with Gasteiger partial charge in [-0.05, 0) is 38.5 Å². The number of phenols is 1. The molecule has 0 spiro atoms. The molecule has 0 aromatic heterocycles. The van der Waals surface area contributed by atoms with Gasteiger partial charge < -0.3 is 24.8 Å². The quantitative estimate of drug-likeness (QED) is 0.625. The average Bonchev–Trinajstić information content (AvgIpc) is 2.37. The lowest BCUT2D eigenvalue weighted by atomic mass is 10.1. The van der Waals surface area contributed by atoms with E-state index in [1.54, 1.807) is 20.8 Å². The van der Waals surface area contributed by atoms with Crippen LogP contribution in [0.15, 0.2) is 12.1 Å². The highest BCUT2D eigenvalue weighted by Gasteiger charge is 2.23. The molecule has 0 saturated carbocycles. The summed E-state index contributed by atoms with van der Waals surface area (Å²) in [6, 6.07) is 2.29. The van der Waals surface area contributed by atoms with Gasteiger partial charge in [-0.2, -0.15) is 0 Å². The Bertz CT molecular complexity index is 577. The van der Waals surface area contributed by atoms with Gasteiger partial charge in [0.2, 0.25) is 0 Å². The molecule has 0 aliphatic heterocycles. The topological polar surface area (TPSA) is 125 Å². The molecule has 0 aliphatic rings. The van der Waals surface area contributed by atoms with E-state index in [0.29, 0.717) is 0 Å². The van der Waals surface area contributed by atoms with Gasteiger partial charge in [-0.1, -0.05) is 0 Å². The number of carboxylic acids is 1. The lowest BCUT2D eigenvalue weighted by Crippen LogP contribution is -2.27. The van der Waals surface area contributed by atoms with Crippen molar-refractivity contribution in [2.45, 2.75) is 32.5 Å². The Labute approximate surface area is 127 Å². The van der Waals surface area contributed by atoms with Gasteiger partial charge in [0.15, 0.2) is 17.6 Å². The van der Waals surface area contributed by atoms with Gasteiger partial charge in [-0.25, -0.2) is 9.59 Å². The van der Waals surface area contributed by atoms with Crippen molar-refractivity contribution in [2.24, 2.45) is 0 Å². The molecule has 0 bridgehead atoms. The fraction of sp³-hybridized carbons (Fsp3) is 0.429. The third-order valence-electron chi connectivity index (χ3n) is 2.50. The standard InChI is InChI=1S/C14H19NO7/c1-14(2,3)22-13(20)15-8-5-7(10(16)12(18)19)6-9(21-4)11(8)17/h5-6,10,16-17H,1-4H3,(H,15,20)(H,18,19). The highest BCUT2D eigenvalue weighted by atomic mass is 16.6. The second-order valence-electron chi connectivity index (χ2n) is 5.49. The summed E-state index contributed by atoms with van der Waals surface area (Å²) in [5.41, 5.74) is -0.945. The molecule has 0 aliphatic carbocycles. The first-order chi connectivity index (χ1) is 10.0. The molecular weight excluding hydrogens is 294 g/mol. The summed E-state index contributed by atoms with van der Waals surface area (Å²) in [6.07, 6.45) is -2.67. The number of ether oxygens (including phenoxy) is 2. The number of benzene rings is 1. The van der Waals surface area contributed by atoms with Crippen molar-refractivity contribution in [3.8, 4) is 11.5 Å². The normalized spacial score (nSPS) is 12.4. The molecule has 0 heterocycles. The Hall–Kier alpha value is -2.48. The zero-order valence-electron chi connectivity index (χ0n) is 12.7. The van der Waals surface area contributed by atoms with Gasteiger partial charge in [0.05, 0.1) is 12.8 Å². The van der Waals surface area contributed by atoms with Crippen LogP contribution < -0.4 is 10.1 Å². The minimum atomic E-state index is -1.83. The maximum atomic E-state index is 11.7. The Balaban J connectivity index is 3.15. The van der Waals surface area contributed by atoms with E-state index in [1.165, 1.54) is 7.11 Å². The van der Waals surface area contributed by atoms with Crippen molar-refractivity contribution in [3.63, 3.8) is 0 Å². The summed E-state index contributed by atoms with van der Waals surface area (Å²) in [5, 5.41) is 30.6. The number of nitrogens with one attached hydrogen (secondary N) is 1. The van der Waals surface area contributed by atoms with E-state index in [0.717, 1.165) is 12.1 Å². The van der Waals surface area contributed by atoms with E-state index < -0.39 is 29.5 Å². The SMILES string of the molecule is COc1cc(C(O)C(=O)O)cc(NC(=O)OC(C)(C)C)c1O. The minimum absolute atomic E-state index is 0.0618. The maximum absolute atomic E-state index is 11.7. The zero-order chi connectivity index (χ0) is 17.1. The fourth-order valence-corrected chi connectivity index (χ4v) is 1.59. The molecular formula is C14H19NO7. The summed E-state index contributed by atoms with van der Waals surface area (Å²) in [5.74, 6) is -1.98. The Morgan fingerprint density at radius 1 is 1.27 bits per heavy atom. The monoisotopic (exact) mass is 313 g/mol. The molecule has 0 fully saturated rings. The van der Waals surface area contributed by atoms with Gasteiger partial charge in [-0.3, -0.25) is 5.32 Å². The number of rotatable bonds is 4. The maximum Gasteiger partial charge on any atom is 0.412 e. The molecule has 0 saturated heterocycles. The number of carboxylic acid groups (broad SMARTS) is 1. The number of anilines is 1. The summed E-state index contributed by atoms with van der Waals surface area (Å²) in [4.78, 5) is 22.6. The van der Waals surface area contributed by atoms with Crippen molar-refractivity contribution >= 4 is 17.7 Å². The number of phenolic OH excluding ortho intramolecular Hbond substituents is 1. The van der Waals surface area contributed by atoms with E-state index in [4.69, 9.17) is 14.6 Å². The largest absolute Gasteiger partial charge is 0.503 e. The zero-order valence-corrected chi connectivity index (χ0v) is 12.7. The van der Waals surface area contributed by atoms with Gasteiger partial charge in [0.25, 0.3) is 0 Å². The van der Waals surface area contributed by atoms with Crippen LogP contribution in [-0.4, -0.2) is 40.1 Å². The van der Waals surface area contributed by atoms with Crippen molar-refractivity contribution in [1.82, 2.24) is 0 Å². The molecule has 1 atom stereocenters. The second-order valence-corrected chi connectivity index (χ2v) is 5.49. The predicted octanol–water partition coefficient (Wildman–Crippen LogP) is 1.87. The van der Waals surface area contributed by atoms with E-state index in [-0.39, 0.29) is 17.0 Å². The van der Waals surface area contributed by atoms with Crippen molar-refractivity contribution in [2.75, 3.05) is 12.4 Å². The van der Waals surface area contributed by atoms with Crippen LogP contribution in [0.4, 0.5) is 10.5 Å². The van der Waals surface area contributed by atoms with Crippen molar-refractivity contribution in [1.29, 1.82) is 0 Å². The summed E-state index contributed by atoms with van der Waals surface area (Å²) in [6.45, 7) is 4.99. The summed E-state index contributed by atoms with van der Waals surface area (Å²) in [7, 11) is 1.25. The Morgan fingerprint density at radius 3 is 2.32 bits per heavy atom. The second kappa shape index (κ2) is 6.52. The van der Waals surface area contributed by atoms with E-state index >= 15 is 0 Å². The number of amides is 1. The first-order valence-corrected chi connectivity index (χ1v) is 6.37. The minimum Gasteiger partial charge on any atom is -0.503 e. The molecule has 8 nitrogen and oxygen atoms in total. The highest BCUT2D eigenvalue weighted by molar-refractivity contribution is 5.88. The number of carbonyl (C=O) groups is 2. The van der Waals surface area contributed by atoms with Gasteiger partial charge in [-0.15, -0.1) is 0 Å². The van der Waals surface area contributed by atoms with Gasteiger partial charge in [0, 0.05) is 0 Å². The molecule has 122 valence electrons. The summed E-state index contributed by atoms with van der Waals surface area (Å²) < 4.78 is 9.93. The lowest BCUT2D eigenvalue weighted by Gasteiger charge is -2.20. The number of hydrogen-bond acceptors (Lipinski definition) is 6. The molecule has 1 rings (SSSR count). The molecule has 1 amide bonds. The Kier molecular flexibility index (Phi) is 5.21. The Morgan fingerprint density at radius 2 is 1.86 bits per heavy atom. The number of aliphatic hydroxyl groups is 1. The van der Waals surface area contributed by atoms with Crippen LogP contribution in [0.5, 0.6) is 11.5 Å². The van der Waals surface area contributed by atoms with Crippen LogP contribution in [0.3, 0.4) is 0 Å². The molecule has 0 radical (unpaired) electrons. The molecule has 22 heavy (non-hydrogen) atoms. The van der Waals surface area contributed by atoms with E-state index in [9.17, 15) is 19.8 Å². The predicted molar refractivity (Wildman–Crippen MR) is 77.1 cm³/mol. The third-order valence-corrected chi connectivity index (χ3v) is 2.50. The van der Waals surface area contributed by atoms with Crippen molar-refractivity contribution in [3.05, 3.63) is 17.7 Å². The molecule has 4 N–H and O–H groups in total. The molecule has 8 heteroatoms. The van der Waals surface area contributed by atoms with Crippen LogP contribution in [0, 0.1) is 0 Å². The van der Waals surface area contributed by atoms with E-state index in [1.807, 2.05) is 0 Å². The van der Waals surface area contributed by atoms with Crippen LogP contribution in [-0.2, 0) is 9.53 Å². The van der Waals surface area contributed by atoms with Gasteiger partial charge in [0.1, 0.15) is 5.60 Å². The first-order valence-electron chi connectivity index (χ1n) is 6.37. The fourth-order valence-electron chi connectivity index (χ4n) is 1.59. The van der Waals surface area contributed by atoms with Gasteiger partial charge >= 0.3 is 12.1 Å². The van der Waals surface area contributed by atoms with Crippen LogP contribution in [0.1, 0.15) is 32.4 Å². The smallest absolute Gasteiger partial charge is 0.412 e. The molecule has 1 aromatic carbocycles. The molecule has 1 aromatic rings. The number of aliphatic carboxylic acids is 1. The van der Waals surface area contributed by atoms with Crippen LogP contribution in [0.2, 0.25) is 0 Å². The number of aromatic hydroxyl groups is 1. The van der Waals surface area contributed by atoms with Crippen LogP contribution >= 0.6 is 0 Å². The highest BCUT2D eigenvalue weighted by Crippen LogP contribution is 2.37. The summed E-state index contributed by atoms with van der Waals surface area (Å²) >= 11 is 0. The number of hydrogen-bond donors (Lipinski definition) is 4. The van der Waals surface area contributed by atoms with Crippen molar-refractivity contribution < 1.29 is 34.4 Å². The van der Waals surface area contributed by atoms with E-state index in [2.05, 4.69) is 5.32 Å². The third kappa shape index (κ3) is 4.52. The molecule has 1 unspecified atom stereocenters. The average molecular weight is 313 g/mol.